The molecule has 4 aliphatic rings. The van der Waals surface area contributed by atoms with Crippen molar-refractivity contribution in [1.82, 2.24) is 0 Å². The lowest BCUT2D eigenvalue weighted by Crippen LogP contribution is -2.60. The molecular weight excluding hydrogens is 332 g/mol. The minimum absolute atomic E-state index is 0.0171. The molecule has 138 valence electrons. The van der Waals surface area contributed by atoms with E-state index < -0.39 is 22.2 Å². The van der Waals surface area contributed by atoms with Gasteiger partial charge in [-0.1, -0.05) is 25.5 Å². The van der Waals surface area contributed by atoms with E-state index in [4.69, 9.17) is 0 Å². The SMILES string of the molecule is C[C@@]12C=CC(=O)C=C1CC[C@H]1[C@H]2C(=O)C[C@]2(C)[C@@H]1CC[C@@]2(O)C(=O)C=O. The highest BCUT2D eigenvalue weighted by molar-refractivity contribution is 6.29. The first-order chi connectivity index (χ1) is 12.2. The minimum Gasteiger partial charge on any atom is -0.381 e. The highest BCUT2D eigenvalue weighted by Gasteiger charge is 2.68. The van der Waals surface area contributed by atoms with E-state index in [1.54, 1.807) is 19.1 Å². The van der Waals surface area contributed by atoms with Crippen LogP contribution in [0.5, 0.6) is 0 Å². The van der Waals surface area contributed by atoms with Crippen LogP contribution in [-0.2, 0) is 19.2 Å². The van der Waals surface area contributed by atoms with Crippen LogP contribution in [0, 0.1) is 28.6 Å². The number of ketones is 3. The molecule has 3 fully saturated rings. The second-order valence-electron chi connectivity index (χ2n) is 8.92. The number of hydrogen-bond donors (Lipinski definition) is 1. The first kappa shape index (κ1) is 17.5. The molecule has 4 rings (SSSR count). The van der Waals surface area contributed by atoms with E-state index in [1.807, 2.05) is 13.0 Å². The van der Waals surface area contributed by atoms with E-state index in [-0.39, 0.29) is 48.4 Å². The third kappa shape index (κ3) is 1.95. The number of Topliss-reactive ketones (excluding diaryl/α,β-unsaturated/α-hetero) is 2. The lowest BCUT2D eigenvalue weighted by molar-refractivity contribution is -0.167. The molecule has 6 atom stereocenters. The molecule has 5 nitrogen and oxygen atoms in total. The Balaban J connectivity index is 1.77. The quantitative estimate of drug-likeness (QED) is 0.604. The Morgan fingerprint density at radius 2 is 2.00 bits per heavy atom. The Kier molecular flexibility index (Phi) is 3.59. The van der Waals surface area contributed by atoms with Gasteiger partial charge in [-0.05, 0) is 49.7 Å². The van der Waals surface area contributed by atoms with Gasteiger partial charge in [-0.25, -0.2) is 0 Å². The van der Waals surface area contributed by atoms with Gasteiger partial charge < -0.3 is 5.11 Å². The van der Waals surface area contributed by atoms with Gasteiger partial charge in [0, 0.05) is 23.2 Å². The molecule has 5 heteroatoms. The molecule has 0 amide bonds. The van der Waals surface area contributed by atoms with Crippen molar-refractivity contribution in [3.05, 3.63) is 23.8 Å². The van der Waals surface area contributed by atoms with Crippen molar-refractivity contribution in [3.8, 4) is 0 Å². The molecule has 0 unspecified atom stereocenters. The number of carbonyl (C=O) groups excluding carboxylic acids is 4. The smallest absolute Gasteiger partial charge is 0.227 e. The summed E-state index contributed by atoms with van der Waals surface area (Å²) in [4.78, 5) is 48.3. The molecule has 3 saturated carbocycles. The largest absolute Gasteiger partial charge is 0.381 e. The maximum absolute atomic E-state index is 13.3. The summed E-state index contributed by atoms with van der Waals surface area (Å²) in [5, 5.41) is 11.1. The summed E-state index contributed by atoms with van der Waals surface area (Å²) in [7, 11) is 0. The molecule has 0 bridgehead atoms. The molecule has 0 aliphatic heterocycles. The summed E-state index contributed by atoms with van der Waals surface area (Å²) in [6.45, 7) is 3.82. The standard InChI is InChI=1S/C21H24O5/c1-19-7-5-13(23)9-12(19)3-4-14-15-6-8-21(26,17(25)11-22)20(15,2)10-16(24)18(14)19/h5,7,9,11,14-15,18,26H,3-4,6,8,10H2,1-2H3/t14-,15-,18+,19-,20-,21-/m1/s1. The van der Waals surface area contributed by atoms with Gasteiger partial charge in [0.2, 0.25) is 5.78 Å². The minimum atomic E-state index is -1.74. The van der Waals surface area contributed by atoms with Crippen LogP contribution >= 0.6 is 0 Å². The number of carbonyl (C=O) groups is 4. The number of fused-ring (bicyclic) bond motifs is 5. The fourth-order valence-corrected chi connectivity index (χ4v) is 6.54. The monoisotopic (exact) mass is 356 g/mol. The lowest BCUT2D eigenvalue weighted by Gasteiger charge is -2.56. The highest BCUT2D eigenvalue weighted by atomic mass is 16.3. The van der Waals surface area contributed by atoms with E-state index in [0.717, 1.165) is 18.4 Å². The van der Waals surface area contributed by atoms with Crippen LogP contribution in [0.25, 0.3) is 0 Å². The Morgan fingerprint density at radius 3 is 2.69 bits per heavy atom. The number of rotatable bonds is 2. The van der Waals surface area contributed by atoms with E-state index >= 15 is 0 Å². The molecule has 0 heterocycles. The van der Waals surface area contributed by atoms with Gasteiger partial charge in [0.1, 0.15) is 11.4 Å². The highest BCUT2D eigenvalue weighted by Crippen LogP contribution is 2.65. The van der Waals surface area contributed by atoms with E-state index in [9.17, 15) is 24.3 Å². The maximum atomic E-state index is 13.3. The summed E-state index contributed by atoms with van der Waals surface area (Å²) in [6.07, 6.45) is 7.77. The Hall–Kier alpha value is -1.88. The molecular formula is C21H24O5. The zero-order valence-corrected chi connectivity index (χ0v) is 15.2. The number of aliphatic hydroxyl groups is 1. The van der Waals surface area contributed by atoms with Crippen molar-refractivity contribution in [1.29, 1.82) is 0 Å². The Morgan fingerprint density at radius 1 is 1.27 bits per heavy atom. The molecule has 0 aromatic rings. The van der Waals surface area contributed by atoms with Gasteiger partial charge in [0.25, 0.3) is 0 Å². The van der Waals surface area contributed by atoms with Crippen LogP contribution in [0.3, 0.4) is 0 Å². The molecule has 4 aliphatic carbocycles. The van der Waals surface area contributed by atoms with Gasteiger partial charge in [0.05, 0.1) is 0 Å². The van der Waals surface area contributed by atoms with Crippen LogP contribution in [0.4, 0.5) is 0 Å². The zero-order chi connectivity index (χ0) is 18.9. The van der Waals surface area contributed by atoms with Crippen molar-refractivity contribution < 1.29 is 24.3 Å². The molecule has 0 radical (unpaired) electrons. The van der Waals surface area contributed by atoms with Crippen molar-refractivity contribution in [2.24, 2.45) is 28.6 Å². The summed E-state index contributed by atoms with van der Waals surface area (Å²) in [5.41, 5.74) is -2.09. The molecule has 0 saturated heterocycles. The maximum Gasteiger partial charge on any atom is 0.227 e. The molecule has 26 heavy (non-hydrogen) atoms. The number of aldehydes is 1. The van der Waals surface area contributed by atoms with E-state index in [1.165, 1.54) is 0 Å². The van der Waals surface area contributed by atoms with Gasteiger partial charge >= 0.3 is 0 Å². The molecule has 1 N–H and O–H groups in total. The third-order valence-corrected chi connectivity index (χ3v) is 7.92. The number of hydrogen-bond acceptors (Lipinski definition) is 5. The fraction of sp³-hybridized carbons (Fsp3) is 0.619. The summed E-state index contributed by atoms with van der Waals surface area (Å²) < 4.78 is 0. The number of allylic oxidation sites excluding steroid dienone is 4. The fourth-order valence-electron chi connectivity index (χ4n) is 6.54. The van der Waals surface area contributed by atoms with Crippen LogP contribution in [0.1, 0.15) is 46.0 Å². The van der Waals surface area contributed by atoms with Crippen molar-refractivity contribution >= 4 is 23.6 Å². The Labute approximate surface area is 152 Å². The van der Waals surface area contributed by atoms with Gasteiger partial charge in [-0.2, -0.15) is 0 Å². The molecule has 0 aromatic heterocycles. The van der Waals surface area contributed by atoms with Gasteiger partial charge in [0.15, 0.2) is 12.1 Å². The summed E-state index contributed by atoms with van der Waals surface area (Å²) >= 11 is 0. The first-order valence-electron chi connectivity index (χ1n) is 9.36. The van der Waals surface area contributed by atoms with E-state index in [2.05, 4.69) is 0 Å². The topological polar surface area (TPSA) is 88.5 Å². The summed E-state index contributed by atoms with van der Waals surface area (Å²) in [6, 6.07) is 0. The predicted octanol–water partition coefficient (Wildman–Crippen LogP) is 1.97. The zero-order valence-electron chi connectivity index (χ0n) is 15.2. The van der Waals surface area contributed by atoms with Crippen molar-refractivity contribution in [2.45, 2.75) is 51.6 Å². The molecule has 0 spiro atoms. The Bertz CT molecular complexity index is 792. The van der Waals surface area contributed by atoms with Crippen LogP contribution in [-0.4, -0.2) is 34.3 Å². The predicted molar refractivity (Wildman–Crippen MR) is 93.0 cm³/mol. The van der Waals surface area contributed by atoms with Crippen LogP contribution in [0.15, 0.2) is 23.8 Å². The van der Waals surface area contributed by atoms with Crippen molar-refractivity contribution in [3.63, 3.8) is 0 Å². The average Bonchev–Trinajstić information content (AvgIpc) is 2.86. The first-order valence-corrected chi connectivity index (χ1v) is 9.36. The lowest BCUT2D eigenvalue weighted by atomic mass is 9.46. The van der Waals surface area contributed by atoms with Crippen LogP contribution < -0.4 is 0 Å². The summed E-state index contributed by atoms with van der Waals surface area (Å²) in [5.74, 6) is -0.980. The second-order valence-corrected chi connectivity index (χ2v) is 8.92. The van der Waals surface area contributed by atoms with Gasteiger partial charge in [-0.15, -0.1) is 0 Å². The van der Waals surface area contributed by atoms with Crippen molar-refractivity contribution in [2.75, 3.05) is 0 Å². The third-order valence-electron chi connectivity index (χ3n) is 7.92. The van der Waals surface area contributed by atoms with Crippen LogP contribution in [0.2, 0.25) is 0 Å². The normalized spacial score (nSPS) is 46.9. The second kappa shape index (κ2) is 5.32. The van der Waals surface area contributed by atoms with E-state index in [0.29, 0.717) is 6.42 Å². The average molecular weight is 356 g/mol. The van der Waals surface area contributed by atoms with Gasteiger partial charge in [-0.3, -0.25) is 19.2 Å². The molecule has 0 aromatic carbocycles.